The Kier molecular flexibility index (Phi) is 20.2. The first-order valence-electron chi connectivity index (χ1n) is 12.4. The molecule has 0 aromatic carbocycles. The topological polar surface area (TPSA) is 98.1 Å². The molecular weight excluding hydrogens is 401 g/mol. The fourth-order valence-electron chi connectivity index (χ4n) is 3.68. The van der Waals surface area contributed by atoms with Gasteiger partial charge in [-0.15, -0.1) is 0 Å². The van der Waals surface area contributed by atoms with E-state index in [-0.39, 0.29) is 25.0 Å². The predicted molar refractivity (Wildman–Crippen MR) is 124 cm³/mol. The molecule has 0 aliphatic heterocycles. The summed E-state index contributed by atoms with van der Waals surface area (Å²) in [6, 6.07) is 0. The second kappa shape index (κ2) is 20.5. The lowest BCUT2D eigenvalue weighted by atomic mass is 10.0. The van der Waals surface area contributed by atoms with Gasteiger partial charge in [-0.25, -0.2) is 5.06 Å². The Hall–Kier alpha value is -0.420. The van der Waals surface area contributed by atoms with Gasteiger partial charge in [-0.3, -0.25) is 14.6 Å². The maximum Gasteiger partial charge on any atom is 0.325 e. The van der Waals surface area contributed by atoms with Crippen LogP contribution in [0.15, 0.2) is 0 Å². The number of hydrogen-bond acceptors (Lipinski definition) is 3. The summed E-state index contributed by atoms with van der Waals surface area (Å²) in [5.74, 6) is -0.360. The molecule has 0 radical (unpaired) electrons. The Morgan fingerprint density at radius 1 is 0.667 bits per heavy atom. The molecule has 3 N–H and O–H groups in total. The van der Waals surface area contributed by atoms with Crippen LogP contribution in [0.2, 0.25) is 0 Å². The van der Waals surface area contributed by atoms with Gasteiger partial charge in [-0.05, 0) is 12.8 Å². The summed E-state index contributed by atoms with van der Waals surface area (Å²) in [5.41, 5.74) is 0. The van der Waals surface area contributed by atoms with E-state index in [4.69, 9.17) is 9.79 Å². The van der Waals surface area contributed by atoms with Crippen molar-refractivity contribution in [2.24, 2.45) is 0 Å². The van der Waals surface area contributed by atoms with Crippen LogP contribution in [0.4, 0.5) is 0 Å². The lowest BCUT2D eigenvalue weighted by molar-refractivity contribution is -0.165. The van der Waals surface area contributed by atoms with E-state index in [9.17, 15) is 14.6 Å². The molecule has 0 bridgehead atoms. The van der Waals surface area contributed by atoms with Crippen molar-refractivity contribution in [3.05, 3.63) is 0 Å². The van der Waals surface area contributed by atoms with Crippen molar-refractivity contribution in [1.82, 2.24) is 5.06 Å². The minimum absolute atomic E-state index is 0.0249. The first kappa shape index (κ1) is 29.6. The maximum absolute atomic E-state index is 11.7. The minimum Gasteiger partial charge on any atom is -0.324 e. The number of amides is 1. The molecule has 0 fully saturated rings. The molecule has 0 aliphatic carbocycles. The minimum atomic E-state index is -4.06. The van der Waals surface area contributed by atoms with Crippen molar-refractivity contribution in [2.75, 3.05) is 12.7 Å². The highest BCUT2D eigenvalue weighted by molar-refractivity contribution is 7.51. The van der Waals surface area contributed by atoms with Crippen LogP contribution in [0.1, 0.15) is 129 Å². The van der Waals surface area contributed by atoms with Gasteiger partial charge >= 0.3 is 7.60 Å². The lowest BCUT2D eigenvalue weighted by Gasteiger charge is -2.15. The van der Waals surface area contributed by atoms with E-state index in [1.54, 1.807) is 0 Å². The van der Waals surface area contributed by atoms with E-state index in [2.05, 4.69) is 6.92 Å². The van der Waals surface area contributed by atoms with E-state index in [1.807, 2.05) is 0 Å². The highest BCUT2D eigenvalue weighted by Gasteiger charge is 2.15. The molecule has 0 spiro atoms. The highest BCUT2D eigenvalue weighted by Crippen LogP contribution is 2.34. The van der Waals surface area contributed by atoms with Crippen LogP contribution in [-0.2, 0) is 9.36 Å². The number of unbranched alkanes of at least 4 members (excludes halogenated alkanes) is 16. The second-order valence-corrected chi connectivity index (χ2v) is 10.4. The second-order valence-electron chi connectivity index (χ2n) is 8.67. The van der Waals surface area contributed by atoms with Crippen LogP contribution >= 0.6 is 7.60 Å². The summed E-state index contributed by atoms with van der Waals surface area (Å²) in [5, 5.41) is 10.2. The summed E-state index contributed by atoms with van der Waals surface area (Å²) in [6.45, 7) is 2.24. The number of hydroxylamine groups is 2. The van der Waals surface area contributed by atoms with Crippen molar-refractivity contribution >= 4 is 13.5 Å². The molecule has 0 heterocycles. The van der Waals surface area contributed by atoms with Crippen LogP contribution in [0.5, 0.6) is 0 Å². The molecular formula is C23H48NO5P. The molecule has 1 amide bonds. The Bertz CT molecular complexity index is 441. The average molecular weight is 450 g/mol. The number of hydrogen-bond donors (Lipinski definition) is 3. The van der Waals surface area contributed by atoms with Crippen LogP contribution in [0.25, 0.3) is 0 Å². The zero-order valence-electron chi connectivity index (χ0n) is 19.4. The lowest BCUT2D eigenvalue weighted by Crippen LogP contribution is -2.28. The molecule has 0 aliphatic rings. The summed E-state index contributed by atoms with van der Waals surface area (Å²) in [4.78, 5) is 29.3. The van der Waals surface area contributed by atoms with Gasteiger partial charge in [-0.2, -0.15) is 0 Å². The van der Waals surface area contributed by atoms with Crippen molar-refractivity contribution in [3.8, 4) is 0 Å². The fraction of sp³-hybridized carbons (Fsp3) is 0.957. The van der Waals surface area contributed by atoms with Crippen molar-refractivity contribution in [1.29, 1.82) is 0 Å². The largest absolute Gasteiger partial charge is 0.325 e. The van der Waals surface area contributed by atoms with E-state index < -0.39 is 7.60 Å². The van der Waals surface area contributed by atoms with Gasteiger partial charge in [0.2, 0.25) is 5.91 Å². The molecule has 30 heavy (non-hydrogen) atoms. The van der Waals surface area contributed by atoms with Gasteiger partial charge in [0.05, 0.1) is 6.16 Å². The molecule has 0 saturated heterocycles. The first-order valence-corrected chi connectivity index (χ1v) is 14.2. The third-order valence-corrected chi connectivity index (χ3v) is 6.50. The zero-order chi connectivity index (χ0) is 22.5. The van der Waals surface area contributed by atoms with E-state index >= 15 is 0 Å². The van der Waals surface area contributed by atoms with Gasteiger partial charge < -0.3 is 9.79 Å². The summed E-state index contributed by atoms with van der Waals surface area (Å²) < 4.78 is 10.7. The molecule has 180 valence electrons. The third kappa shape index (κ3) is 22.3. The maximum atomic E-state index is 11.7. The van der Waals surface area contributed by atoms with Crippen LogP contribution in [-0.4, -0.2) is 38.7 Å². The molecule has 0 saturated carbocycles. The van der Waals surface area contributed by atoms with Crippen molar-refractivity contribution in [2.45, 2.75) is 129 Å². The molecule has 0 aromatic rings. The first-order chi connectivity index (χ1) is 14.4. The van der Waals surface area contributed by atoms with Crippen molar-refractivity contribution in [3.63, 3.8) is 0 Å². The van der Waals surface area contributed by atoms with E-state index in [0.29, 0.717) is 11.5 Å². The van der Waals surface area contributed by atoms with Crippen LogP contribution in [0.3, 0.4) is 0 Å². The van der Waals surface area contributed by atoms with Crippen LogP contribution < -0.4 is 0 Å². The number of carbonyl (C=O) groups excluding carboxylic acids is 1. The summed E-state index contributed by atoms with van der Waals surface area (Å²) >= 11 is 0. The van der Waals surface area contributed by atoms with Gasteiger partial charge in [0, 0.05) is 13.0 Å². The van der Waals surface area contributed by atoms with Crippen molar-refractivity contribution < 1.29 is 24.4 Å². The number of rotatable bonds is 22. The van der Waals surface area contributed by atoms with E-state index in [0.717, 1.165) is 19.3 Å². The molecule has 7 heteroatoms. The molecule has 0 atom stereocenters. The SMILES string of the molecule is CCCCCCCCCCCCCCCCCCCC(=O)N(O)CCCP(=O)(O)O. The van der Waals surface area contributed by atoms with E-state index in [1.165, 1.54) is 89.9 Å². The average Bonchev–Trinajstić information content (AvgIpc) is 2.69. The monoisotopic (exact) mass is 449 g/mol. The van der Waals surface area contributed by atoms with Gasteiger partial charge in [0.25, 0.3) is 0 Å². The Morgan fingerprint density at radius 3 is 1.40 bits per heavy atom. The van der Waals surface area contributed by atoms with Crippen LogP contribution in [0, 0.1) is 0 Å². The normalized spacial score (nSPS) is 11.7. The summed E-state index contributed by atoms with van der Waals surface area (Å²) in [7, 11) is -4.06. The Morgan fingerprint density at radius 2 is 1.03 bits per heavy atom. The Balaban J connectivity index is 3.28. The summed E-state index contributed by atoms with van der Waals surface area (Å²) in [6.07, 6.45) is 22.0. The smallest absolute Gasteiger partial charge is 0.324 e. The van der Waals surface area contributed by atoms with Gasteiger partial charge in [0.15, 0.2) is 0 Å². The molecule has 6 nitrogen and oxygen atoms in total. The Labute approximate surface area is 184 Å². The standard InChI is InChI=1S/C23H48NO5P/c1-2-3-4-5-6-7-8-9-10-11-12-13-14-15-16-17-18-20-23(25)24(26)21-19-22-30(27,28)29/h26H,2-22H2,1H3,(H2,27,28,29). The quantitative estimate of drug-likeness (QED) is 0.0729. The third-order valence-electron chi connectivity index (χ3n) is 5.60. The molecule has 0 unspecified atom stereocenters. The zero-order valence-corrected chi connectivity index (χ0v) is 20.3. The molecule has 0 aromatic heterocycles. The van der Waals surface area contributed by atoms with Gasteiger partial charge in [0.1, 0.15) is 0 Å². The number of carbonyl (C=O) groups is 1. The predicted octanol–water partition coefficient (Wildman–Crippen LogP) is 6.81. The fourth-order valence-corrected chi connectivity index (χ4v) is 4.23. The number of nitrogens with zero attached hydrogens (tertiary/aromatic N) is 1. The van der Waals surface area contributed by atoms with Gasteiger partial charge in [-0.1, -0.05) is 110 Å². The highest BCUT2D eigenvalue weighted by atomic mass is 31.2. The molecule has 0 rings (SSSR count).